The largest absolute Gasteiger partial charge is 0.466 e. The van der Waals surface area contributed by atoms with Crippen molar-refractivity contribution >= 4 is 11.9 Å². The first kappa shape index (κ1) is 44.7. The summed E-state index contributed by atoms with van der Waals surface area (Å²) in [5.41, 5.74) is -3.18. The average Bonchev–Trinajstić information content (AvgIpc) is 3.08. The maximum atomic E-state index is 16.2. The minimum Gasteiger partial charge on any atom is -0.466 e. The summed E-state index contributed by atoms with van der Waals surface area (Å²) in [6.45, 7) is 10.8. The molecule has 55 heavy (non-hydrogen) atoms. The van der Waals surface area contributed by atoms with Crippen LogP contribution in [-0.4, -0.2) is 48.6 Å². The number of nitrogens with zero attached hydrogens (tertiary/aromatic N) is 2. The van der Waals surface area contributed by atoms with Crippen LogP contribution in [0.4, 0.5) is 30.7 Å². The Morgan fingerprint density at radius 3 is 2.22 bits per heavy atom. The molecule has 0 aliphatic heterocycles. The maximum Gasteiger partial charge on any atom is 0.419 e. The number of allylic oxidation sites excluding steroid dienone is 2. The Balaban J connectivity index is 2.23. The van der Waals surface area contributed by atoms with Crippen LogP contribution in [0.1, 0.15) is 90.9 Å². The minimum absolute atomic E-state index is 0.00683. The van der Waals surface area contributed by atoms with Crippen molar-refractivity contribution < 1.29 is 45.1 Å². The fraction of sp³-hybridized carbons (Fsp3) is 0.439. The molecule has 3 aromatic rings. The van der Waals surface area contributed by atoms with Crippen LogP contribution in [0.2, 0.25) is 0 Å². The Kier molecular flexibility index (Phi) is 16.0. The lowest BCUT2D eigenvalue weighted by Gasteiger charge is -2.26. The van der Waals surface area contributed by atoms with E-state index in [9.17, 15) is 40.7 Å². The van der Waals surface area contributed by atoms with Gasteiger partial charge in [-0.05, 0) is 119 Å². The molecule has 7 nitrogen and oxygen atoms in total. The zero-order valence-corrected chi connectivity index (χ0v) is 31.5. The van der Waals surface area contributed by atoms with Crippen molar-refractivity contribution in [2.75, 3.05) is 27.2 Å². The van der Waals surface area contributed by atoms with Gasteiger partial charge >= 0.3 is 18.3 Å². The molecule has 1 aromatic heterocycles. The third-order valence-electron chi connectivity index (χ3n) is 9.07. The normalized spacial score (nSPS) is 13.0. The van der Waals surface area contributed by atoms with Gasteiger partial charge in [0.15, 0.2) is 0 Å². The van der Waals surface area contributed by atoms with Gasteiger partial charge in [-0.1, -0.05) is 30.4 Å². The van der Waals surface area contributed by atoms with E-state index in [1.165, 1.54) is 13.0 Å². The van der Waals surface area contributed by atoms with Gasteiger partial charge in [-0.3, -0.25) is 14.4 Å². The minimum atomic E-state index is -5.19. The van der Waals surface area contributed by atoms with E-state index in [0.717, 1.165) is 29.7 Å². The third kappa shape index (κ3) is 12.1. The first-order valence-corrected chi connectivity index (χ1v) is 18.0. The van der Waals surface area contributed by atoms with Gasteiger partial charge in [-0.2, -0.15) is 26.3 Å². The summed E-state index contributed by atoms with van der Waals surface area (Å²) in [6.07, 6.45) is -4.39. The summed E-state index contributed by atoms with van der Waals surface area (Å²) in [5.74, 6) is -3.78. The monoisotopic (exact) mass is 779 g/mol. The van der Waals surface area contributed by atoms with Gasteiger partial charge < -0.3 is 19.5 Å². The van der Waals surface area contributed by atoms with E-state index >= 15 is 4.39 Å². The van der Waals surface area contributed by atoms with Crippen molar-refractivity contribution in [3.63, 3.8) is 0 Å². The van der Waals surface area contributed by atoms with E-state index in [1.54, 1.807) is 50.2 Å². The Bertz CT molecular complexity index is 1880. The van der Waals surface area contributed by atoms with E-state index in [0.29, 0.717) is 48.2 Å². The van der Waals surface area contributed by atoms with E-state index in [2.05, 4.69) is 18.5 Å². The number of halogens is 7. The number of rotatable bonds is 19. The molecule has 300 valence electrons. The molecule has 0 radical (unpaired) electrons. The molecule has 0 fully saturated rings. The molecular formula is C41H48F7N3O4. The number of carbonyl (C=O) groups is 2. The molecule has 0 saturated carbocycles. The summed E-state index contributed by atoms with van der Waals surface area (Å²) in [5, 5.41) is 2.44. The highest BCUT2D eigenvalue weighted by atomic mass is 19.4. The second kappa shape index (κ2) is 19.7. The van der Waals surface area contributed by atoms with Crippen molar-refractivity contribution in [3.8, 4) is 11.1 Å². The van der Waals surface area contributed by atoms with E-state index < -0.39 is 70.8 Å². The summed E-state index contributed by atoms with van der Waals surface area (Å²) >= 11 is 0. The smallest absolute Gasteiger partial charge is 0.419 e. The number of hydrogen-bond acceptors (Lipinski definition) is 5. The SMILES string of the molecule is C=CCCCCc1cccc(C)c1-c1cc([C@H](CC(=O)OCC)NC(=O)[C@H](CC=C)n2cc(CCCN(C)C)c(C(F)(F)F)cc2=O)c(F)c(C(F)(F)F)c1. The van der Waals surface area contributed by atoms with Crippen molar-refractivity contribution in [1.82, 2.24) is 14.8 Å². The number of aromatic nitrogens is 1. The number of hydrogen-bond donors (Lipinski definition) is 1. The lowest BCUT2D eigenvalue weighted by molar-refractivity contribution is -0.144. The van der Waals surface area contributed by atoms with Gasteiger partial charge in [-0.25, -0.2) is 4.39 Å². The Morgan fingerprint density at radius 1 is 0.945 bits per heavy atom. The number of ether oxygens (including phenoxy) is 1. The molecule has 0 spiro atoms. The fourth-order valence-electron chi connectivity index (χ4n) is 6.49. The van der Waals surface area contributed by atoms with Crippen molar-refractivity contribution in [2.45, 2.75) is 89.7 Å². The highest BCUT2D eigenvalue weighted by Gasteiger charge is 2.39. The summed E-state index contributed by atoms with van der Waals surface area (Å²) in [6, 6.07) is 4.13. The van der Waals surface area contributed by atoms with E-state index in [-0.39, 0.29) is 37.0 Å². The quantitative estimate of drug-likeness (QED) is 0.0568. The number of aryl methyl sites for hydroxylation is 3. The van der Waals surface area contributed by atoms with Crippen LogP contribution in [0.15, 0.2) is 72.7 Å². The molecule has 1 amide bonds. The molecule has 1 heterocycles. The Hall–Kier alpha value is -4.72. The predicted molar refractivity (Wildman–Crippen MR) is 198 cm³/mol. The number of amides is 1. The number of alkyl halides is 6. The van der Waals surface area contributed by atoms with Gasteiger partial charge in [-0.15, -0.1) is 13.2 Å². The molecule has 2 aromatic carbocycles. The molecule has 2 atom stereocenters. The molecular weight excluding hydrogens is 731 g/mol. The molecule has 3 rings (SSSR count). The van der Waals surface area contributed by atoms with Gasteiger partial charge in [0, 0.05) is 17.8 Å². The van der Waals surface area contributed by atoms with Crippen LogP contribution in [0.3, 0.4) is 0 Å². The zero-order chi connectivity index (χ0) is 41.1. The highest BCUT2D eigenvalue weighted by Crippen LogP contribution is 2.40. The lowest BCUT2D eigenvalue weighted by atomic mass is 9.88. The molecule has 0 saturated heterocycles. The molecule has 14 heteroatoms. The van der Waals surface area contributed by atoms with Crippen LogP contribution in [0, 0.1) is 12.7 Å². The number of unbranched alkanes of at least 4 members (excludes halogenated alkanes) is 2. The third-order valence-corrected chi connectivity index (χ3v) is 9.07. The first-order valence-electron chi connectivity index (χ1n) is 18.0. The number of benzene rings is 2. The first-order chi connectivity index (χ1) is 25.8. The van der Waals surface area contributed by atoms with Crippen LogP contribution >= 0.6 is 0 Å². The van der Waals surface area contributed by atoms with E-state index in [1.807, 2.05) is 0 Å². The summed E-state index contributed by atoms with van der Waals surface area (Å²) in [4.78, 5) is 41.9. The number of pyridine rings is 1. The predicted octanol–water partition coefficient (Wildman–Crippen LogP) is 9.32. The van der Waals surface area contributed by atoms with Gasteiger partial charge in [0.25, 0.3) is 5.56 Å². The topological polar surface area (TPSA) is 80.6 Å². The highest BCUT2D eigenvalue weighted by molar-refractivity contribution is 5.82. The molecule has 0 bridgehead atoms. The maximum absolute atomic E-state index is 16.2. The lowest BCUT2D eigenvalue weighted by Crippen LogP contribution is -2.40. The van der Waals surface area contributed by atoms with Crippen LogP contribution in [0.5, 0.6) is 0 Å². The van der Waals surface area contributed by atoms with E-state index in [4.69, 9.17) is 4.74 Å². The second-order valence-electron chi connectivity index (χ2n) is 13.5. The van der Waals surface area contributed by atoms with Crippen LogP contribution in [0.25, 0.3) is 11.1 Å². The van der Waals surface area contributed by atoms with Crippen molar-refractivity contribution in [3.05, 3.63) is 117 Å². The number of nitrogens with one attached hydrogen (secondary N) is 1. The van der Waals surface area contributed by atoms with Crippen LogP contribution in [-0.2, 0) is 39.5 Å². The molecule has 1 N–H and O–H groups in total. The Labute approximate surface area is 316 Å². The van der Waals surface area contributed by atoms with Crippen LogP contribution < -0.4 is 10.9 Å². The van der Waals surface area contributed by atoms with Gasteiger partial charge in [0.1, 0.15) is 11.9 Å². The number of esters is 1. The van der Waals surface area contributed by atoms with Gasteiger partial charge in [0.05, 0.1) is 30.2 Å². The standard InChI is InChI=1S/C41H48F7N3O4/c1-7-10-11-12-17-27-18-13-16-26(4)37(27)29-21-30(38(42)32(22-29)41(46,47)48)33(24-36(53)55-9-3)49-39(54)34(15-8-2)51-25-28(19-14-20-50(5)6)31(23-35(51)52)40(43,44)45/h7-8,13,16,18,21-23,25,33-34H,1-2,9-12,14-15,17,19-20,24H2,3-6H3,(H,49,54)/t33-,34-/m0/s1. The fourth-order valence-corrected chi connectivity index (χ4v) is 6.49. The molecule has 0 aliphatic carbocycles. The van der Waals surface area contributed by atoms with Crippen molar-refractivity contribution in [1.29, 1.82) is 0 Å². The molecule has 0 aliphatic rings. The Morgan fingerprint density at radius 2 is 1.62 bits per heavy atom. The van der Waals surface area contributed by atoms with Crippen molar-refractivity contribution in [2.24, 2.45) is 0 Å². The zero-order valence-electron chi connectivity index (χ0n) is 31.5. The second-order valence-corrected chi connectivity index (χ2v) is 13.5. The summed E-state index contributed by atoms with van der Waals surface area (Å²) in [7, 11) is 3.48. The number of carbonyl (C=O) groups excluding carboxylic acids is 2. The molecule has 0 unspecified atom stereocenters. The summed E-state index contributed by atoms with van der Waals surface area (Å²) < 4.78 is 108. The van der Waals surface area contributed by atoms with Gasteiger partial charge in [0.2, 0.25) is 5.91 Å². The average molecular weight is 780 g/mol.